The molecule has 1 fully saturated rings. The number of ketones is 1. The fourth-order valence-electron chi connectivity index (χ4n) is 3.25. The van der Waals surface area contributed by atoms with Crippen LogP contribution in [0.4, 0.5) is 0 Å². The number of nitrogens with zero attached hydrogens (tertiary/aromatic N) is 1. The highest BCUT2D eigenvalue weighted by molar-refractivity contribution is 6.46. The second-order valence-corrected chi connectivity index (χ2v) is 6.86. The van der Waals surface area contributed by atoms with Gasteiger partial charge in [-0.1, -0.05) is 42.5 Å². The number of ether oxygens (including phenoxy) is 1. The van der Waals surface area contributed by atoms with Crippen LogP contribution in [0.3, 0.4) is 0 Å². The van der Waals surface area contributed by atoms with Crippen molar-refractivity contribution in [2.45, 2.75) is 6.04 Å². The molecule has 0 aromatic heterocycles. The summed E-state index contributed by atoms with van der Waals surface area (Å²) in [6.45, 7) is 7.77. The minimum absolute atomic E-state index is 0.0128. The maximum atomic E-state index is 12.8. The second-order valence-electron chi connectivity index (χ2n) is 6.42. The maximum absolute atomic E-state index is 12.8. The lowest BCUT2D eigenvalue weighted by atomic mass is 9.95. The van der Waals surface area contributed by atoms with E-state index in [1.807, 2.05) is 0 Å². The van der Waals surface area contributed by atoms with Gasteiger partial charge in [0, 0.05) is 17.1 Å². The Morgan fingerprint density at radius 2 is 1.86 bits per heavy atom. The summed E-state index contributed by atoms with van der Waals surface area (Å²) in [5.41, 5.74) is 1.05. The molecular weight excluding hydrogens is 390 g/mol. The van der Waals surface area contributed by atoms with Crippen LogP contribution in [0.25, 0.3) is 5.76 Å². The van der Waals surface area contributed by atoms with E-state index in [0.717, 1.165) is 0 Å². The van der Waals surface area contributed by atoms with Crippen LogP contribution >= 0.6 is 11.6 Å². The minimum atomic E-state index is -0.761. The molecule has 1 atom stereocenters. The number of aliphatic hydroxyl groups is 1. The maximum Gasteiger partial charge on any atom is 0.295 e. The molecule has 1 aliphatic rings. The minimum Gasteiger partial charge on any atom is -0.507 e. The van der Waals surface area contributed by atoms with Crippen LogP contribution in [0, 0.1) is 0 Å². The van der Waals surface area contributed by atoms with Crippen molar-refractivity contribution >= 4 is 29.1 Å². The molecule has 0 aliphatic carbocycles. The Balaban J connectivity index is 2.09. The van der Waals surface area contributed by atoms with Gasteiger partial charge in [0.25, 0.3) is 11.7 Å². The first kappa shape index (κ1) is 20.4. The van der Waals surface area contributed by atoms with Gasteiger partial charge in [-0.25, -0.2) is 0 Å². The van der Waals surface area contributed by atoms with E-state index >= 15 is 0 Å². The zero-order valence-electron chi connectivity index (χ0n) is 15.7. The zero-order valence-corrected chi connectivity index (χ0v) is 16.4. The number of carbonyl (C=O) groups is 2. The number of Topliss-reactive ketones (excluding diaryl/α,β-unsaturated/α-hetero) is 1. The van der Waals surface area contributed by atoms with Crippen LogP contribution < -0.4 is 4.74 Å². The number of amides is 1. The van der Waals surface area contributed by atoms with Gasteiger partial charge in [0.05, 0.1) is 11.6 Å². The predicted octanol–water partition coefficient (Wildman–Crippen LogP) is 4.51. The van der Waals surface area contributed by atoms with Crippen LogP contribution in [0.5, 0.6) is 5.75 Å². The van der Waals surface area contributed by atoms with Gasteiger partial charge < -0.3 is 14.7 Å². The monoisotopic (exact) mass is 409 g/mol. The molecule has 148 valence electrons. The molecule has 0 unspecified atom stereocenters. The Labute approximate surface area is 174 Å². The van der Waals surface area contributed by atoms with E-state index in [0.29, 0.717) is 28.5 Å². The van der Waals surface area contributed by atoms with Gasteiger partial charge in [-0.3, -0.25) is 9.59 Å². The van der Waals surface area contributed by atoms with E-state index in [1.165, 1.54) is 11.0 Å². The third-order valence-corrected chi connectivity index (χ3v) is 4.76. The Morgan fingerprint density at radius 3 is 2.48 bits per heavy atom. The van der Waals surface area contributed by atoms with Crippen molar-refractivity contribution in [3.05, 3.63) is 95.6 Å². The summed E-state index contributed by atoms with van der Waals surface area (Å²) in [6, 6.07) is 12.7. The third kappa shape index (κ3) is 4.10. The molecule has 1 aliphatic heterocycles. The highest BCUT2D eigenvalue weighted by atomic mass is 35.5. The molecule has 3 rings (SSSR count). The molecule has 0 spiro atoms. The van der Waals surface area contributed by atoms with Gasteiger partial charge in [0.15, 0.2) is 0 Å². The molecule has 1 N–H and O–H groups in total. The van der Waals surface area contributed by atoms with E-state index in [9.17, 15) is 14.7 Å². The van der Waals surface area contributed by atoms with Gasteiger partial charge in [-0.15, -0.1) is 6.58 Å². The van der Waals surface area contributed by atoms with E-state index in [1.54, 1.807) is 54.6 Å². The van der Waals surface area contributed by atoms with Gasteiger partial charge >= 0.3 is 0 Å². The van der Waals surface area contributed by atoms with Crippen molar-refractivity contribution in [1.82, 2.24) is 4.90 Å². The summed E-state index contributed by atoms with van der Waals surface area (Å²) in [5, 5.41) is 11.4. The molecule has 5 nitrogen and oxygen atoms in total. The molecule has 0 radical (unpaired) electrons. The molecule has 29 heavy (non-hydrogen) atoms. The van der Waals surface area contributed by atoms with Crippen molar-refractivity contribution in [2.24, 2.45) is 0 Å². The smallest absolute Gasteiger partial charge is 0.295 e. The number of aliphatic hydroxyl groups excluding tert-OH is 1. The molecule has 2 aromatic rings. The highest BCUT2D eigenvalue weighted by Gasteiger charge is 2.45. The predicted molar refractivity (Wildman–Crippen MR) is 113 cm³/mol. The van der Waals surface area contributed by atoms with Crippen molar-refractivity contribution in [1.29, 1.82) is 0 Å². The molecule has 1 heterocycles. The summed E-state index contributed by atoms with van der Waals surface area (Å²) in [6.07, 6.45) is 3.16. The number of hydrogen-bond acceptors (Lipinski definition) is 4. The third-order valence-electron chi connectivity index (χ3n) is 4.53. The largest absolute Gasteiger partial charge is 0.507 e. The Morgan fingerprint density at radius 1 is 1.14 bits per heavy atom. The van der Waals surface area contributed by atoms with Crippen LogP contribution in [0.1, 0.15) is 17.2 Å². The first-order valence-electron chi connectivity index (χ1n) is 8.96. The van der Waals surface area contributed by atoms with Crippen LogP contribution in [-0.2, 0) is 9.59 Å². The van der Waals surface area contributed by atoms with Crippen LogP contribution in [0.2, 0.25) is 5.02 Å². The summed E-state index contributed by atoms with van der Waals surface area (Å²) < 4.78 is 5.44. The van der Waals surface area contributed by atoms with Crippen molar-refractivity contribution < 1.29 is 19.4 Å². The summed E-state index contributed by atoms with van der Waals surface area (Å²) in [7, 11) is 0. The average Bonchev–Trinajstić information content (AvgIpc) is 2.97. The zero-order chi connectivity index (χ0) is 21.0. The fraction of sp³-hybridized carbons (Fsp3) is 0.130. The number of hydrogen-bond donors (Lipinski definition) is 1. The summed E-state index contributed by atoms with van der Waals surface area (Å²) in [5.74, 6) is -1.10. The highest BCUT2D eigenvalue weighted by Crippen LogP contribution is 2.40. The molecule has 1 saturated heterocycles. The number of carbonyl (C=O) groups excluding carboxylic acids is 2. The van der Waals surface area contributed by atoms with Crippen molar-refractivity contribution in [2.75, 3.05) is 13.2 Å². The first-order valence-corrected chi connectivity index (χ1v) is 9.34. The van der Waals surface area contributed by atoms with E-state index in [-0.39, 0.29) is 17.9 Å². The standard InChI is InChI=1S/C23H20ClNO4/c1-3-12-25-20(16-6-5-7-17(24)14-16)19(22(27)23(25)28)21(26)15-8-10-18(11-9-15)29-13-4-2/h3-11,14,20,26H,1-2,12-13H2/t20-/m1/s1. The first-order chi connectivity index (χ1) is 14.0. The van der Waals surface area contributed by atoms with Gasteiger partial charge in [0.2, 0.25) is 0 Å². The Kier molecular flexibility index (Phi) is 6.20. The second kappa shape index (κ2) is 8.80. The summed E-state index contributed by atoms with van der Waals surface area (Å²) >= 11 is 6.12. The van der Waals surface area contributed by atoms with Crippen molar-refractivity contribution in [3.63, 3.8) is 0 Å². The quantitative estimate of drug-likeness (QED) is 0.316. The van der Waals surface area contributed by atoms with Gasteiger partial charge in [-0.05, 0) is 42.0 Å². The normalized spacial score (nSPS) is 18.0. The van der Waals surface area contributed by atoms with Crippen LogP contribution in [0.15, 0.2) is 79.4 Å². The summed E-state index contributed by atoms with van der Waals surface area (Å²) in [4.78, 5) is 26.7. The Bertz CT molecular complexity index is 994. The molecule has 0 bridgehead atoms. The van der Waals surface area contributed by atoms with E-state index in [2.05, 4.69) is 13.2 Å². The van der Waals surface area contributed by atoms with Gasteiger partial charge in [-0.2, -0.15) is 0 Å². The SMILES string of the molecule is C=CCOc1ccc(C(O)=C2C(=O)C(=O)N(CC=C)[C@@H]2c2cccc(Cl)c2)cc1. The topological polar surface area (TPSA) is 66.8 Å². The molecule has 2 aromatic carbocycles. The molecular formula is C23H20ClNO4. The molecule has 6 heteroatoms. The molecule has 1 amide bonds. The number of rotatable bonds is 7. The lowest BCUT2D eigenvalue weighted by Gasteiger charge is -2.24. The number of benzene rings is 2. The number of halogens is 1. The molecule has 0 saturated carbocycles. The average molecular weight is 410 g/mol. The lowest BCUT2D eigenvalue weighted by Crippen LogP contribution is -2.29. The fourth-order valence-corrected chi connectivity index (χ4v) is 3.45. The van der Waals surface area contributed by atoms with E-state index in [4.69, 9.17) is 16.3 Å². The number of likely N-dealkylation sites (tertiary alicyclic amines) is 1. The van der Waals surface area contributed by atoms with Crippen molar-refractivity contribution in [3.8, 4) is 5.75 Å². The Hall–Kier alpha value is -3.31. The van der Waals surface area contributed by atoms with Crippen LogP contribution in [-0.4, -0.2) is 34.8 Å². The van der Waals surface area contributed by atoms with Gasteiger partial charge in [0.1, 0.15) is 18.1 Å². The van der Waals surface area contributed by atoms with E-state index < -0.39 is 17.7 Å². The lowest BCUT2D eigenvalue weighted by molar-refractivity contribution is -0.139.